The molecule has 4 bridgehead atoms. The predicted molar refractivity (Wildman–Crippen MR) is 153 cm³/mol. The van der Waals surface area contributed by atoms with Gasteiger partial charge in [0.25, 0.3) is 0 Å². The highest BCUT2D eigenvalue weighted by atomic mass is 32.1. The molecule has 3 aromatic rings. The zero-order valence-corrected chi connectivity index (χ0v) is 24.0. The molecule has 2 unspecified atom stereocenters. The minimum atomic E-state index is -1.27. The first-order chi connectivity index (χ1) is 19.6. The molecule has 2 amide bonds. The van der Waals surface area contributed by atoms with Gasteiger partial charge in [0.1, 0.15) is 35.0 Å². The molecule has 41 heavy (non-hydrogen) atoms. The van der Waals surface area contributed by atoms with Crippen LogP contribution >= 0.6 is 12.8 Å². The van der Waals surface area contributed by atoms with Gasteiger partial charge < -0.3 is 24.9 Å². The van der Waals surface area contributed by atoms with Gasteiger partial charge in [0.15, 0.2) is 12.0 Å². The van der Waals surface area contributed by atoms with E-state index in [2.05, 4.69) is 15.6 Å². The molecule has 3 N–H and O–H groups in total. The molecule has 0 aliphatic carbocycles. The Bertz CT molecular complexity index is 1550. The molecule has 0 saturated carbocycles. The first-order valence-corrected chi connectivity index (χ1v) is 14.1. The van der Waals surface area contributed by atoms with Crippen molar-refractivity contribution >= 4 is 36.6 Å². The number of anilines is 1. The molecule has 1 aromatic heterocycles. The van der Waals surface area contributed by atoms with Gasteiger partial charge in [0.2, 0.25) is 23.9 Å². The number of thiol groups is 1. The first-order valence-electron chi connectivity index (χ1n) is 13.7. The highest BCUT2D eigenvalue weighted by Gasteiger charge is 2.63. The molecule has 11 heteroatoms. The maximum atomic E-state index is 13.7. The number of nitrogens with zero attached hydrogens (tertiary/aromatic N) is 2. The van der Waals surface area contributed by atoms with Crippen molar-refractivity contribution in [3.05, 3.63) is 76.5 Å². The molecular formula is C30H32N4O6S. The summed E-state index contributed by atoms with van der Waals surface area (Å²) >= 11 is 4.81. The highest BCUT2D eigenvalue weighted by Crippen LogP contribution is 2.60. The molecule has 2 aromatic carbocycles. The van der Waals surface area contributed by atoms with Crippen LogP contribution in [-0.4, -0.2) is 46.6 Å². The Kier molecular flexibility index (Phi) is 6.61. The third kappa shape index (κ3) is 4.05. The van der Waals surface area contributed by atoms with Gasteiger partial charge in [-0.15, -0.1) is 0 Å². The number of para-hydroxylation sites is 1. The lowest BCUT2D eigenvalue weighted by molar-refractivity contribution is -0.135. The predicted octanol–water partition coefficient (Wildman–Crippen LogP) is 3.08. The van der Waals surface area contributed by atoms with Gasteiger partial charge in [-0.3, -0.25) is 18.7 Å². The largest absolute Gasteiger partial charge is 0.467 e. The van der Waals surface area contributed by atoms with E-state index in [-0.39, 0.29) is 29.8 Å². The quantitative estimate of drug-likeness (QED) is 0.269. The average Bonchev–Trinajstić information content (AvgIpc) is 3.59. The van der Waals surface area contributed by atoms with Crippen LogP contribution in [0.1, 0.15) is 72.6 Å². The number of fused-ring (bicyclic) bond motifs is 4. The minimum Gasteiger partial charge on any atom is -0.467 e. The molecule has 10 nitrogen and oxygen atoms in total. The molecule has 0 radical (unpaired) electrons. The Morgan fingerprint density at radius 1 is 1.22 bits per heavy atom. The van der Waals surface area contributed by atoms with E-state index in [0.717, 1.165) is 22.4 Å². The Hall–Kier alpha value is -3.83. The van der Waals surface area contributed by atoms with Gasteiger partial charge in [-0.2, -0.15) is 0 Å². The second-order valence-electron chi connectivity index (χ2n) is 11.5. The smallest absolute Gasteiger partial charge is 0.249 e. The van der Waals surface area contributed by atoms with Crippen LogP contribution in [0, 0.1) is 11.8 Å². The number of rotatable bonds is 5. The number of aromatic nitrogens is 1. The van der Waals surface area contributed by atoms with Crippen molar-refractivity contribution in [3.8, 4) is 5.75 Å². The first kappa shape index (κ1) is 27.3. The van der Waals surface area contributed by atoms with Gasteiger partial charge in [-0.1, -0.05) is 70.8 Å². The van der Waals surface area contributed by atoms with E-state index in [0.29, 0.717) is 17.8 Å². The van der Waals surface area contributed by atoms with Crippen molar-refractivity contribution in [2.75, 3.05) is 4.31 Å². The topological polar surface area (TPSA) is 134 Å². The normalized spacial score (nSPS) is 25.0. The number of carbonyl (C=O) groups is 3. The van der Waals surface area contributed by atoms with E-state index < -0.39 is 41.6 Å². The van der Waals surface area contributed by atoms with E-state index in [1.807, 2.05) is 56.3 Å². The number of carbonyl (C=O) groups excluding carboxylic acids is 3. The number of hydrogen-bond donors (Lipinski definition) is 4. The molecule has 6 rings (SSSR count). The van der Waals surface area contributed by atoms with Crippen LogP contribution in [0.4, 0.5) is 5.69 Å². The molecule has 4 heterocycles. The third-order valence-electron chi connectivity index (χ3n) is 8.22. The zero-order valence-electron chi connectivity index (χ0n) is 23.1. The van der Waals surface area contributed by atoms with Crippen LogP contribution in [0.15, 0.2) is 46.9 Å². The van der Waals surface area contributed by atoms with Gasteiger partial charge in [0, 0.05) is 17.5 Å². The number of amides is 2. The summed E-state index contributed by atoms with van der Waals surface area (Å²) in [5, 5.41) is 16.1. The lowest BCUT2D eigenvalue weighted by Gasteiger charge is -2.30. The standard InChI is InChI=1S/C30H32N4O6S/c1-14(2)23-28-32-20(13-35)25(40-28)30-17-7-5-6-8-21(17)34(41)29(30)39-22-10-9-16(11-18(22)30)12-19(26(37)33-23)31-27(38)24(36)15(3)4/h5-11,13-15,19,23-24,29,36,41H,12H2,1-4H3,(H,31,38)(H,33,37)/t19-,23-,24-,29?,30?/m0/s1. The lowest BCUT2D eigenvalue weighted by atomic mass is 9.72. The maximum Gasteiger partial charge on any atom is 0.249 e. The molecule has 1 spiro atoms. The Morgan fingerprint density at radius 2 is 1.98 bits per heavy atom. The fourth-order valence-corrected chi connectivity index (χ4v) is 6.47. The van der Waals surface area contributed by atoms with Gasteiger partial charge >= 0.3 is 0 Å². The fourth-order valence-electron chi connectivity index (χ4n) is 6.07. The Balaban J connectivity index is 1.59. The van der Waals surface area contributed by atoms with Crippen LogP contribution in [-0.2, 0) is 21.4 Å². The summed E-state index contributed by atoms with van der Waals surface area (Å²) in [7, 11) is 0. The summed E-state index contributed by atoms with van der Waals surface area (Å²) in [4.78, 5) is 43.7. The number of nitrogens with one attached hydrogen (secondary N) is 2. The van der Waals surface area contributed by atoms with Crippen molar-refractivity contribution in [1.29, 1.82) is 0 Å². The van der Waals surface area contributed by atoms with E-state index in [4.69, 9.17) is 22.0 Å². The van der Waals surface area contributed by atoms with Gasteiger partial charge in [-0.05, 0) is 29.5 Å². The molecule has 3 aliphatic rings. The molecule has 214 valence electrons. The molecular weight excluding hydrogens is 544 g/mol. The lowest BCUT2D eigenvalue weighted by Crippen LogP contribution is -2.52. The number of aldehydes is 1. The number of hydrogen-bond acceptors (Lipinski definition) is 9. The Morgan fingerprint density at radius 3 is 2.68 bits per heavy atom. The summed E-state index contributed by atoms with van der Waals surface area (Å²) in [6, 6.07) is 11.6. The monoisotopic (exact) mass is 576 g/mol. The number of aliphatic hydroxyl groups is 1. The van der Waals surface area contributed by atoms with Crippen LogP contribution < -0.4 is 19.7 Å². The highest BCUT2D eigenvalue weighted by molar-refractivity contribution is 7.81. The number of aliphatic hydroxyl groups excluding tert-OH is 1. The van der Waals surface area contributed by atoms with Crippen LogP contribution in [0.3, 0.4) is 0 Å². The maximum absolute atomic E-state index is 13.7. The van der Waals surface area contributed by atoms with Crippen molar-refractivity contribution in [3.63, 3.8) is 0 Å². The Labute approximate surface area is 243 Å². The second kappa shape index (κ2) is 9.92. The molecule has 5 atom stereocenters. The van der Waals surface area contributed by atoms with Crippen LogP contribution in [0.25, 0.3) is 0 Å². The fraction of sp³-hybridized carbons (Fsp3) is 0.400. The number of oxazole rings is 1. The molecule has 3 aliphatic heterocycles. The third-order valence-corrected chi connectivity index (χ3v) is 8.64. The van der Waals surface area contributed by atoms with Gasteiger partial charge in [0.05, 0.1) is 5.69 Å². The van der Waals surface area contributed by atoms with E-state index in [1.54, 1.807) is 18.2 Å². The summed E-state index contributed by atoms with van der Waals surface area (Å²) in [5.74, 6) is -0.529. The van der Waals surface area contributed by atoms with Crippen molar-refractivity contribution < 1.29 is 28.6 Å². The minimum absolute atomic E-state index is 0.106. The SMILES string of the molecule is CC(C)[C@H](O)C(=O)N[C@H]1Cc2ccc3c(c2)C2(c4ccccc4N(S)C2O3)c2oc(nc2C=O)[C@H](C(C)C)NC1=O. The molecule has 0 saturated heterocycles. The second-order valence-corrected chi connectivity index (χ2v) is 12.0. The average molecular weight is 577 g/mol. The number of ether oxygens (including phenoxy) is 1. The van der Waals surface area contributed by atoms with Crippen molar-refractivity contribution in [2.45, 2.75) is 63.9 Å². The van der Waals surface area contributed by atoms with Crippen LogP contribution in [0.5, 0.6) is 5.75 Å². The van der Waals surface area contributed by atoms with Crippen LogP contribution in [0.2, 0.25) is 0 Å². The van der Waals surface area contributed by atoms with Crippen molar-refractivity contribution in [2.24, 2.45) is 11.8 Å². The summed E-state index contributed by atoms with van der Waals surface area (Å²) in [6.07, 6.45) is -1.14. The summed E-state index contributed by atoms with van der Waals surface area (Å²) in [5.41, 5.74) is 2.16. The van der Waals surface area contributed by atoms with E-state index in [1.165, 1.54) is 0 Å². The van der Waals surface area contributed by atoms with Gasteiger partial charge in [-0.25, -0.2) is 4.98 Å². The number of benzene rings is 2. The van der Waals surface area contributed by atoms with Crippen molar-refractivity contribution in [1.82, 2.24) is 15.6 Å². The van der Waals surface area contributed by atoms with E-state index in [9.17, 15) is 19.5 Å². The van der Waals surface area contributed by atoms with E-state index >= 15 is 0 Å². The zero-order chi connectivity index (χ0) is 29.2. The molecule has 0 fully saturated rings. The summed E-state index contributed by atoms with van der Waals surface area (Å²) in [6.45, 7) is 7.26. The summed E-state index contributed by atoms with van der Waals surface area (Å²) < 4.78 is 14.7.